The first kappa shape index (κ1) is 20.0. The van der Waals surface area contributed by atoms with E-state index in [9.17, 15) is 18.0 Å². The molecule has 2 heterocycles. The monoisotopic (exact) mass is 396 g/mol. The molecule has 0 spiro atoms. The van der Waals surface area contributed by atoms with Gasteiger partial charge in [0.15, 0.2) is 0 Å². The second kappa shape index (κ2) is 8.12. The topological polar surface area (TPSA) is 59.4 Å². The summed E-state index contributed by atoms with van der Waals surface area (Å²) in [6.45, 7) is 4.86. The second-order valence-electron chi connectivity index (χ2n) is 6.76. The summed E-state index contributed by atoms with van der Waals surface area (Å²) in [6, 6.07) is 5.52. The van der Waals surface area contributed by atoms with E-state index in [0.29, 0.717) is 37.4 Å². The van der Waals surface area contributed by atoms with Crippen LogP contribution in [0.3, 0.4) is 0 Å². The van der Waals surface area contributed by atoms with Gasteiger partial charge in [-0.2, -0.15) is 18.3 Å². The van der Waals surface area contributed by atoms with Gasteiger partial charge in [0.1, 0.15) is 11.4 Å². The molecule has 1 aromatic carbocycles. The minimum absolute atomic E-state index is 0.159. The van der Waals surface area contributed by atoms with E-state index in [0.717, 1.165) is 22.5 Å². The van der Waals surface area contributed by atoms with Crippen molar-refractivity contribution >= 4 is 11.7 Å². The van der Waals surface area contributed by atoms with Crippen molar-refractivity contribution in [3.05, 3.63) is 41.7 Å². The number of carbonyl (C=O) groups excluding carboxylic acids is 1. The highest BCUT2D eigenvalue weighted by molar-refractivity contribution is 5.91. The van der Waals surface area contributed by atoms with Gasteiger partial charge in [-0.15, -0.1) is 0 Å². The Labute approximate surface area is 161 Å². The molecule has 6 nitrogen and oxygen atoms in total. The maximum atomic E-state index is 13.2. The highest BCUT2D eigenvalue weighted by atomic mass is 19.4. The van der Waals surface area contributed by atoms with E-state index in [1.807, 2.05) is 26.0 Å². The summed E-state index contributed by atoms with van der Waals surface area (Å²) in [4.78, 5) is 14.2. The molecule has 0 radical (unpaired) electrons. The van der Waals surface area contributed by atoms with Crippen LogP contribution in [0.4, 0.5) is 23.7 Å². The SMILES string of the molecule is CCOc1cc(C)ccc1NC(=O)N1CCC[C@@H](n2nccc2C(F)(F)F)C1. The Morgan fingerprint density at radius 2 is 2.14 bits per heavy atom. The largest absolute Gasteiger partial charge is 0.492 e. The first-order chi connectivity index (χ1) is 13.3. The molecule has 1 saturated heterocycles. The lowest BCUT2D eigenvalue weighted by molar-refractivity contribution is -0.145. The number of hydrogen-bond donors (Lipinski definition) is 1. The molecule has 1 aliphatic rings. The van der Waals surface area contributed by atoms with E-state index < -0.39 is 17.9 Å². The number of urea groups is 1. The number of halogens is 3. The minimum Gasteiger partial charge on any atom is -0.492 e. The van der Waals surface area contributed by atoms with Gasteiger partial charge in [0.05, 0.1) is 18.3 Å². The molecular formula is C19H23F3N4O2. The summed E-state index contributed by atoms with van der Waals surface area (Å²) >= 11 is 0. The maximum absolute atomic E-state index is 13.2. The number of ether oxygens (including phenoxy) is 1. The molecule has 0 unspecified atom stereocenters. The van der Waals surface area contributed by atoms with Crippen molar-refractivity contribution < 1.29 is 22.7 Å². The Morgan fingerprint density at radius 1 is 1.36 bits per heavy atom. The fourth-order valence-corrected chi connectivity index (χ4v) is 3.37. The molecule has 1 aliphatic heterocycles. The van der Waals surface area contributed by atoms with Crippen LogP contribution in [0.5, 0.6) is 5.75 Å². The Bertz CT molecular complexity index is 835. The van der Waals surface area contributed by atoms with Crippen LogP contribution < -0.4 is 10.1 Å². The Hall–Kier alpha value is -2.71. The standard InChI is InChI=1S/C19H23F3N4O2/c1-3-28-16-11-13(2)6-7-15(16)24-18(27)25-10-4-5-14(12-25)26-17(8-9-23-26)19(20,21)22/h6-9,11,14H,3-5,10,12H2,1-2H3,(H,24,27)/t14-/m1/s1. The zero-order chi connectivity index (χ0) is 20.3. The van der Waals surface area contributed by atoms with Crippen LogP contribution >= 0.6 is 0 Å². The summed E-state index contributed by atoms with van der Waals surface area (Å²) in [5, 5.41) is 6.66. The third kappa shape index (κ3) is 4.40. The lowest BCUT2D eigenvalue weighted by atomic mass is 10.1. The number of nitrogens with zero attached hydrogens (tertiary/aromatic N) is 3. The Kier molecular flexibility index (Phi) is 5.81. The van der Waals surface area contributed by atoms with Crippen molar-refractivity contribution in [1.29, 1.82) is 0 Å². The number of alkyl halides is 3. The van der Waals surface area contributed by atoms with E-state index >= 15 is 0 Å². The molecule has 2 amide bonds. The number of hydrogen-bond acceptors (Lipinski definition) is 3. The molecular weight excluding hydrogens is 373 g/mol. The molecule has 152 valence electrons. The molecule has 0 aliphatic carbocycles. The Morgan fingerprint density at radius 3 is 2.86 bits per heavy atom. The minimum atomic E-state index is -4.48. The first-order valence-electron chi connectivity index (χ1n) is 9.19. The van der Waals surface area contributed by atoms with E-state index in [1.54, 1.807) is 6.07 Å². The van der Waals surface area contributed by atoms with Crippen LogP contribution in [0.25, 0.3) is 0 Å². The summed E-state index contributed by atoms with van der Waals surface area (Å²) < 4.78 is 46.0. The van der Waals surface area contributed by atoms with E-state index in [4.69, 9.17) is 4.74 Å². The number of piperidine rings is 1. The van der Waals surface area contributed by atoms with Gasteiger partial charge in [0.2, 0.25) is 0 Å². The second-order valence-corrected chi connectivity index (χ2v) is 6.76. The summed E-state index contributed by atoms with van der Waals surface area (Å²) in [5.74, 6) is 0.566. The van der Waals surface area contributed by atoms with Crippen molar-refractivity contribution in [3.63, 3.8) is 0 Å². The van der Waals surface area contributed by atoms with Gasteiger partial charge in [-0.1, -0.05) is 6.07 Å². The number of likely N-dealkylation sites (tertiary alicyclic amines) is 1. The zero-order valence-corrected chi connectivity index (χ0v) is 15.8. The highest BCUT2D eigenvalue weighted by Crippen LogP contribution is 2.33. The van der Waals surface area contributed by atoms with Gasteiger partial charge in [0, 0.05) is 19.3 Å². The lowest BCUT2D eigenvalue weighted by Crippen LogP contribution is -2.43. The third-order valence-electron chi connectivity index (χ3n) is 4.67. The van der Waals surface area contributed by atoms with Gasteiger partial charge in [-0.25, -0.2) is 4.79 Å². The average Bonchev–Trinajstić information content (AvgIpc) is 3.15. The van der Waals surface area contributed by atoms with Crippen LogP contribution in [0.2, 0.25) is 0 Å². The number of aromatic nitrogens is 2. The summed E-state index contributed by atoms with van der Waals surface area (Å²) in [5.41, 5.74) is 0.740. The van der Waals surface area contributed by atoms with Crippen molar-refractivity contribution in [2.45, 2.75) is 38.9 Å². The van der Waals surface area contributed by atoms with Crippen molar-refractivity contribution in [1.82, 2.24) is 14.7 Å². The van der Waals surface area contributed by atoms with E-state index in [-0.39, 0.29) is 12.6 Å². The molecule has 1 fully saturated rings. The van der Waals surface area contributed by atoms with Gasteiger partial charge >= 0.3 is 12.2 Å². The van der Waals surface area contributed by atoms with Crippen molar-refractivity contribution in [2.75, 3.05) is 25.0 Å². The number of anilines is 1. The van der Waals surface area contributed by atoms with Crippen molar-refractivity contribution in [3.8, 4) is 5.75 Å². The lowest BCUT2D eigenvalue weighted by Gasteiger charge is -2.33. The fourth-order valence-electron chi connectivity index (χ4n) is 3.37. The van der Waals surface area contributed by atoms with Crippen molar-refractivity contribution in [2.24, 2.45) is 0 Å². The van der Waals surface area contributed by atoms with Crippen LogP contribution in [0.15, 0.2) is 30.5 Å². The van der Waals surface area contributed by atoms with E-state index in [2.05, 4.69) is 10.4 Å². The first-order valence-corrected chi connectivity index (χ1v) is 9.19. The quantitative estimate of drug-likeness (QED) is 0.829. The maximum Gasteiger partial charge on any atom is 0.433 e. The number of carbonyl (C=O) groups is 1. The molecule has 1 atom stereocenters. The van der Waals surface area contributed by atoms with Gasteiger partial charge in [-0.05, 0) is 50.5 Å². The number of amides is 2. The van der Waals surface area contributed by atoms with Gasteiger partial charge in [0.25, 0.3) is 0 Å². The predicted molar refractivity (Wildman–Crippen MR) is 98.4 cm³/mol. The molecule has 0 saturated carbocycles. The molecule has 3 rings (SSSR count). The fraction of sp³-hybridized carbons (Fsp3) is 0.474. The predicted octanol–water partition coefficient (Wildman–Crippen LogP) is 4.48. The zero-order valence-electron chi connectivity index (χ0n) is 15.8. The molecule has 1 aromatic heterocycles. The number of nitrogens with one attached hydrogen (secondary N) is 1. The average molecular weight is 396 g/mol. The van der Waals surface area contributed by atoms with E-state index in [1.165, 1.54) is 4.90 Å². The smallest absolute Gasteiger partial charge is 0.433 e. The summed E-state index contributed by atoms with van der Waals surface area (Å²) in [7, 11) is 0. The van der Waals surface area contributed by atoms with Crippen LogP contribution in [-0.4, -0.2) is 40.4 Å². The normalized spacial score (nSPS) is 17.5. The van der Waals surface area contributed by atoms with Crippen LogP contribution in [0.1, 0.15) is 37.1 Å². The molecule has 0 bridgehead atoms. The van der Waals surface area contributed by atoms with Crippen LogP contribution in [-0.2, 0) is 6.18 Å². The third-order valence-corrected chi connectivity index (χ3v) is 4.67. The molecule has 2 aromatic rings. The van der Waals surface area contributed by atoms with Gasteiger partial charge in [-0.3, -0.25) is 4.68 Å². The molecule has 28 heavy (non-hydrogen) atoms. The van der Waals surface area contributed by atoms with Crippen LogP contribution in [0, 0.1) is 6.92 Å². The number of rotatable bonds is 4. The highest BCUT2D eigenvalue weighted by Gasteiger charge is 2.37. The summed E-state index contributed by atoms with van der Waals surface area (Å²) in [6.07, 6.45) is -2.21. The number of benzene rings is 1. The molecule has 1 N–H and O–H groups in total. The molecule has 9 heteroatoms. The van der Waals surface area contributed by atoms with Gasteiger partial charge < -0.3 is 15.0 Å². The Balaban J connectivity index is 1.73. The number of aryl methyl sites for hydroxylation is 1.